The molecule has 0 aliphatic heterocycles. The van der Waals surface area contributed by atoms with Crippen LogP contribution in [0.4, 0.5) is 0 Å². The first-order valence-electron chi connectivity index (χ1n) is 7.81. The third-order valence-electron chi connectivity index (χ3n) is 3.70. The van der Waals surface area contributed by atoms with Crippen LogP contribution in [0.5, 0.6) is 0 Å². The SMILES string of the molecule is CCC(CC)(CCCOC(C)(C)C)COC(C)(C)C. The van der Waals surface area contributed by atoms with Crippen LogP contribution in [0, 0.1) is 5.41 Å². The zero-order valence-corrected chi connectivity index (χ0v) is 14.6. The minimum absolute atomic E-state index is 0.0248. The van der Waals surface area contributed by atoms with Crippen LogP contribution in [-0.2, 0) is 9.47 Å². The summed E-state index contributed by atoms with van der Waals surface area (Å²) in [5.74, 6) is 0. The highest BCUT2D eigenvalue weighted by Gasteiger charge is 2.28. The molecule has 0 unspecified atom stereocenters. The molecule has 0 N–H and O–H groups in total. The van der Waals surface area contributed by atoms with Crippen molar-refractivity contribution in [2.45, 2.75) is 92.3 Å². The average molecular weight is 272 g/mol. The Bertz CT molecular complexity index is 229. The Balaban J connectivity index is 4.23. The van der Waals surface area contributed by atoms with Crippen molar-refractivity contribution in [2.24, 2.45) is 5.41 Å². The van der Waals surface area contributed by atoms with Gasteiger partial charge in [0.05, 0.1) is 17.8 Å². The van der Waals surface area contributed by atoms with Gasteiger partial charge in [0.15, 0.2) is 0 Å². The van der Waals surface area contributed by atoms with E-state index in [0.29, 0.717) is 5.41 Å². The van der Waals surface area contributed by atoms with Crippen molar-refractivity contribution in [2.75, 3.05) is 13.2 Å². The lowest BCUT2D eigenvalue weighted by Crippen LogP contribution is -2.32. The summed E-state index contributed by atoms with van der Waals surface area (Å²) in [4.78, 5) is 0. The molecule has 0 aliphatic carbocycles. The van der Waals surface area contributed by atoms with Gasteiger partial charge in [-0.15, -0.1) is 0 Å². The number of hydrogen-bond donors (Lipinski definition) is 0. The topological polar surface area (TPSA) is 18.5 Å². The Labute approximate surface area is 121 Å². The van der Waals surface area contributed by atoms with E-state index < -0.39 is 0 Å². The van der Waals surface area contributed by atoms with Gasteiger partial charge in [-0.3, -0.25) is 0 Å². The molecule has 19 heavy (non-hydrogen) atoms. The first-order chi connectivity index (χ1) is 8.54. The predicted molar refractivity (Wildman–Crippen MR) is 83.7 cm³/mol. The largest absolute Gasteiger partial charge is 0.376 e. The second-order valence-electron chi connectivity index (χ2n) is 7.67. The van der Waals surface area contributed by atoms with E-state index in [1.54, 1.807) is 0 Å². The molecule has 0 aromatic heterocycles. The first-order valence-corrected chi connectivity index (χ1v) is 7.81. The molecule has 116 valence electrons. The monoisotopic (exact) mass is 272 g/mol. The van der Waals surface area contributed by atoms with Gasteiger partial charge in [0.2, 0.25) is 0 Å². The molecule has 0 fully saturated rings. The van der Waals surface area contributed by atoms with Gasteiger partial charge in [-0.25, -0.2) is 0 Å². The molecule has 0 saturated carbocycles. The molecular weight excluding hydrogens is 236 g/mol. The summed E-state index contributed by atoms with van der Waals surface area (Å²) in [5.41, 5.74) is 0.245. The van der Waals surface area contributed by atoms with Gasteiger partial charge in [-0.2, -0.15) is 0 Å². The second kappa shape index (κ2) is 7.64. The first kappa shape index (κ1) is 18.9. The summed E-state index contributed by atoms with van der Waals surface area (Å²) in [6.45, 7) is 19.0. The van der Waals surface area contributed by atoms with Gasteiger partial charge < -0.3 is 9.47 Å². The van der Waals surface area contributed by atoms with Crippen molar-refractivity contribution in [1.29, 1.82) is 0 Å². The minimum Gasteiger partial charge on any atom is -0.376 e. The molecule has 0 aliphatic rings. The molecule has 0 aromatic carbocycles. The van der Waals surface area contributed by atoms with E-state index in [1.807, 2.05) is 0 Å². The molecule has 0 aromatic rings. The third-order valence-corrected chi connectivity index (χ3v) is 3.70. The maximum Gasteiger partial charge on any atom is 0.0598 e. The summed E-state index contributed by atoms with van der Waals surface area (Å²) in [7, 11) is 0. The van der Waals surface area contributed by atoms with Crippen molar-refractivity contribution in [3.8, 4) is 0 Å². The van der Waals surface area contributed by atoms with Crippen molar-refractivity contribution in [3.63, 3.8) is 0 Å². The average Bonchev–Trinajstić information content (AvgIpc) is 2.26. The number of ether oxygens (including phenoxy) is 2. The highest BCUT2D eigenvalue weighted by molar-refractivity contribution is 4.78. The summed E-state index contributed by atoms with van der Waals surface area (Å²) in [6.07, 6.45) is 4.66. The van der Waals surface area contributed by atoms with Crippen LogP contribution in [-0.4, -0.2) is 24.4 Å². The Morgan fingerprint density at radius 1 is 0.737 bits per heavy atom. The summed E-state index contributed by atoms with van der Waals surface area (Å²) < 4.78 is 11.9. The highest BCUT2D eigenvalue weighted by atomic mass is 16.5. The third kappa shape index (κ3) is 9.45. The van der Waals surface area contributed by atoms with E-state index in [1.165, 1.54) is 19.3 Å². The Hall–Kier alpha value is -0.0800. The van der Waals surface area contributed by atoms with E-state index in [-0.39, 0.29) is 11.2 Å². The molecule has 2 nitrogen and oxygen atoms in total. The summed E-state index contributed by atoms with van der Waals surface area (Å²) >= 11 is 0. The van der Waals surface area contributed by atoms with Crippen LogP contribution < -0.4 is 0 Å². The Morgan fingerprint density at radius 3 is 1.58 bits per heavy atom. The van der Waals surface area contributed by atoms with Crippen LogP contribution in [0.25, 0.3) is 0 Å². The molecule has 0 rings (SSSR count). The fraction of sp³-hybridized carbons (Fsp3) is 1.00. The van der Waals surface area contributed by atoms with Gasteiger partial charge in [-0.1, -0.05) is 13.8 Å². The van der Waals surface area contributed by atoms with Crippen LogP contribution in [0.15, 0.2) is 0 Å². The van der Waals surface area contributed by atoms with Crippen molar-refractivity contribution in [1.82, 2.24) is 0 Å². The fourth-order valence-corrected chi connectivity index (χ4v) is 2.07. The summed E-state index contributed by atoms with van der Waals surface area (Å²) in [6, 6.07) is 0. The standard InChI is InChI=1S/C17H36O2/c1-9-17(10-2,14-19-16(6,7)8)12-11-13-18-15(3,4)5/h9-14H2,1-8H3. The zero-order valence-electron chi connectivity index (χ0n) is 14.6. The molecule has 0 heterocycles. The van der Waals surface area contributed by atoms with Gasteiger partial charge >= 0.3 is 0 Å². The second-order valence-corrected chi connectivity index (χ2v) is 7.67. The zero-order chi connectivity index (χ0) is 15.2. The van der Waals surface area contributed by atoms with Gasteiger partial charge in [0.25, 0.3) is 0 Å². The normalized spacial score (nSPS) is 13.9. The molecule has 2 heteroatoms. The molecular formula is C17H36O2. The quantitative estimate of drug-likeness (QED) is 0.565. The minimum atomic E-state index is -0.0441. The molecule has 0 spiro atoms. The van der Waals surface area contributed by atoms with Crippen LogP contribution in [0.3, 0.4) is 0 Å². The number of hydrogen-bond acceptors (Lipinski definition) is 2. The van der Waals surface area contributed by atoms with E-state index >= 15 is 0 Å². The van der Waals surface area contributed by atoms with Crippen molar-refractivity contribution >= 4 is 0 Å². The van der Waals surface area contributed by atoms with Gasteiger partial charge in [-0.05, 0) is 72.6 Å². The van der Waals surface area contributed by atoms with E-state index in [0.717, 1.165) is 19.6 Å². The maximum atomic E-state index is 6.03. The molecule has 0 saturated heterocycles. The number of rotatable bonds is 8. The van der Waals surface area contributed by atoms with E-state index in [4.69, 9.17) is 9.47 Å². The smallest absolute Gasteiger partial charge is 0.0598 e. The molecule has 0 bridgehead atoms. The van der Waals surface area contributed by atoms with Gasteiger partial charge in [0.1, 0.15) is 0 Å². The maximum absolute atomic E-state index is 6.03. The lowest BCUT2D eigenvalue weighted by molar-refractivity contribution is -0.0632. The predicted octanol–water partition coefficient (Wildman–Crippen LogP) is 5.20. The van der Waals surface area contributed by atoms with Crippen LogP contribution in [0.1, 0.15) is 81.1 Å². The van der Waals surface area contributed by atoms with E-state index in [9.17, 15) is 0 Å². The Morgan fingerprint density at radius 2 is 1.21 bits per heavy atom. The highest BCUT2D eigenvalue weighted by Crippen LogP contribution is 2.34. The van der Waals surface area contributed by atoms with E-state index in [2.05, 4.69) is 55.4 Å². The molecule has 0 amide bonds. The van der Waals surface area contributed by atoms with Crippen molar-refractivity contribution in [3.05, 3.63) is 0 Å². The molecule has 0 atom stereocenters. The van der Waals surface area contributed by atoms with Crippen LogP contribution in [0.2, 0.25) is 0 Å². The lowest BCUT2D eigenvalue weighted by atomic mass is 9.79. The van der Waals surface area contributed by atoms with Gasteiger partial charge in [0, 0.05) is 6.61 Å². The summed E-state index contributed by atoms with van der Waals surface area (Å²) in [5, 5.41) is 0. The van der Waals surface area contributed by atoms with Crippen LogP contribution >= 0.6 is 0 Å². The van der Waals surface area contributed by atoms with Crippen molar-refractivity contribution < 1.29 is 9.47 Å². The fourth-order valence-electron chi connectivity index (χ4n) is 2.07. The molecule has 0 radical (unpaired) electrons. The Kier molecular flexibility index (Phi) is 7.60. The lowest BCUT2D eigenvalue weighted by Gasteiger charge is -2.35.